The molecule has 0 radical (unpaired) electrons. The van der Waals surface area contributed by atoms with Crippen LogP contribution in [0.5, 0.6) is 5.75 Å². The van der Waals surface area contributed by atoms with Gasteiger partial charge in [0.15, 0.2) is 0 Å². The quantitative estimate of drug-likeness (QED) is 0.534. The van der Waals surface area contributed by atoms with Crippen LogP contribution in [0.1, 0.15) is 0 Å². The van der Waals surface area contributed by atoms with E-state index in [0.29, 0.717) is 5.02 Å². The Morgan fingerprint density at radius 3 is 2.82 bits per heavy atom. The van der Waals surface area contributed by atoms with E-state index in [2.05, 4.69) is 9.44 Å². The number of hydrogen-bond acceptors (Lipinski definition) is 4. The first kappa shape index (κ1) is 14.0. The Bertz CT molecular complexity index is 478. The summed E-state index contributed by atoms with van der Waals surface area (Å²) in [6.45, 7) is 0.385. The monoisotopic (exact) mass is 280 g/mol. The van der Waals surface area contributed by atoms with Crippen LogP contribution in [-0.2, 0) is 14.9 Å². The maximum absolute atomic E-state index is 11.5. The normalized spacial score (nSPS) is 11.4. The molecule has 0 aromatic heterocycles. The molecule has 0 saturated carbocycles. The minimum absolute atomic E-state index is 0.0161. The molecule has 1 aromatic rings. The molecule has 8 heteroatoms. The number of benzene rings is 1. The van der Waals surface area contributed by atoms with Crippen molar-refractivity contribution < 1.29 is 18.3 Å². The summed E-state index contributed by atoms with van der Waals surface area (Å²) in [4.78, 5) is 0. The van der Waals surface area contributed by atoms with Gasteiger partial charge < -0.3 is 9.84 Å². The Hall–Kier alpha value is -1.02. The van der Waals surface area contributed by atoms with Crippen molar-refractivity contribution in [2.45, 2.75) is 0 Å². The molecule has 0 saturated heterocycles. The minimum atomic E-state index is -3.74. The number of methoxy groups -OCH3 is 1. The van der Waals surface area contributed by atoms with Crippen LogP contribution < -0.4 is 9.44 Å². The molecule has 0 unspecified atom stereocenters. The molecule has 0 spiro atoms. The molecule has 3 N–H and O–H groups in total. The van der Waals surface area contributed by atoms with E-state index in [4.69, 9.17) is 16.3 Å². The fourth-order valence-corrected chi connectivity index (χ4v) is 2.10. The summed E-state index contributed by atoms with van der Waals surface area (Å²) in [5, 5.41) is 9.75. The van der Waals surface area contributed by atoms with Crippen LogP contribution in [0.3, 0.4) is 0 Å². The van der Waals surface area contributed by atoms with Crippen molar-refractivity contribution in [1.82, 2.24) is 4.72 Å². The van der Waals surface area contributed by atoms with Gasteiger partial charge in [0.25, 0.3) is 10.2 Å². The Balaban J connectivity index is 2.72. The zero-order valence-electron chi connectivity index (χ0n) is 9.10. The lowest BCUT2D eigenvalue weighted by Crippen LogP contribution is -2.32. The van der Waals surface area contributed by atoms with Crippen LogP contribution in [0, 0.1) is 0 Å². The highest BCUT2D eigenvalue weighted by Gasteiger charge is 2.12. The van der Waals surface area contributed by atoms with E-state index in [9.17, 15) is 13.5 Å². The lowest BCUT2D eigenvalue weighted by Gasteiger charge is -2.10. The van der Waals surface area contributed by atoms with E-state index in [-0.39, 0.29) is 24.6 Å². The number of halogens is 1. The minimum Gasteiger partial charge on any atom is -0.506 e. The maximum Gasteiger partial charge on any atom is 0.299 e. The average molecular weight is 281 g/mol. The molecule has 0 atom stereocenters. The Morgan fingerprint density at radius 1 is 1.47 bits per heavy atom. The van der Waals surface area contributed by atoms with Crippen molar-refractivity contribution in [3.05, 3.63) is 23.2 Å². The van der Waals surface area contributed by atoms with Crippen molar-refractivity contribution in [1.29, 1.82) is 0 Å². The molecule has 0 heterocycles. The smallest absolute Gasteiger partial charge is 0.299 e. The van der Waals surface area contributed by atoms with Crippen LogP contribution in [0.25, 0.3) is 0 Å². The van der Waals surface area contributed by atoms with E-state index in [0.717, 1.165) is 0 Å². The Kier molecular flexibility index (Phi) is 5.01. The average Bonchev–Trinajstić information content (AvgIpc) is 2.23. The number of rotatable bonds is 6. The molecular formula is C9H13ClN2O4S. The fraction of sp³-hybridized carbons (Fsp3) is 0.333. The molecule has 0 amide bonds. The molecule has 0 fully saturated rings. The van der Waals surface area contributed by atoms with Crippen molar-refractivity contribution in [2.24, 2.45) is 0 Å². The van der Waals surface area contributed by atoms with Crippen LogP contribution in [0.4, 0.5) is 5.69 Å². The number of hydrogen-bond donors (Lipinski definition) is 3. The zero-order valence-corrected chi connectivity index (χ0v) is 10.7. The highest BCUT2D eigenvalue weighted by atomic mass is 35.5. The van der Waals surface area contributed by atoms with Gasteiger partial charge in [-0.05, 0) is 18.2 Å². The predicted molar refractivity (Wildman–Crippen MR) is 65.5 cm³/mol. The standard InChI is InChI=1S/C9H13ClN2O4S/c1-16-5-4-11-17(14,15)12-8-6-7(10)2-3-9(8)13/h2-3,6,11-13H,4-5H2,1H3. The second-order valence-corrected chi connectivity index (χ2v) is 5.09. The number of phenolic OH excluding ortho intramolecular Hbond substituents is 1. The van der Waals surface area contributed by atoms with Crippen molar-refractivity contribution in [2.75, 3.05) is 25.0 Å². The van der Waals surface area contributed by atoms with Gasteiger partial charge in [0.05, 0.1) is 12.3 Å². The van der Waals surface area contributed by atoms with Crippen LogP contribution >= 0.6 is 11.6 Å². The Labute approximate surface area is 105 Å². The third kappa shape index (κ3) is 4.78. The number of nitrogens with one attached hydrogen (secondary N) is 2. The number of phenols is 1. The first-order chi connectivity index (χ1) is 7.94. The van der Waals surface area contributed by atoms with E-state index in [1.807, 2.05) is 0 Å². The number of aromatic hydroxyl groups is 1. The number of anilines is 1. The van der Waals surface area contributed by atoms with E-state index in [1.54, 1.807) is 0 Å². The molecule has 0 aliphatic carbocycles. The molecule has 6 nitrogen and oxygen atoms in total. The fourth-order valence-electron chi connectivity index (χ4n) is 1.05. The van der Waals surface area contributed by atoms with E-state index in [1.165, 1.54) is 25.3 Å². The van der Waals surface area contributed by atoms with Gasteiger partial charge >= 0.3 is 0 Å². The van der Waals surface area contributed by atoms with Gasteiger partial charge in [-0.25, -0.2) is 0 Å². The van der Waals surface area contributed by atoms with Crippen molar-refractivity contribution in [3.63, 3.8) is 0 Å². The van der Waals surface area contributed by atoms with Gasteiger partial charge in [-0.1, -0.05) is 11.6 Å². The van der Waals surface area contributed by atoms with Crippen LogP contribution in [0.15, 0.2) is 18.2 Å². The SMILES string of the molecule is COCCNS(=O)(=O)Nc1cc(Cl)ccc1O. The summed E-state index contributed by atoms with van der Waals surface area (Å²) in [5.41, 5.74) is 0.0161. The third-order valence-corrected chi connectivity index (χ3v) is 3.11. The molecule has 96 valence electrons. The summed E-state index contributed by atoms with van der Waals surface area (Å²) in [6.07, 6.45) is 0. The molecule has 17 heavy (non-hydrogen) atoms. The second kappa shape index (κ2) is 6.06. The maximum atomic E-state index is 11.5. The summed E-state index contributed by atoms with van der Waals surface area (Å²) < 4.78 is 32.1. The topological polar surface area (TPSA) is 87.7 Å². The second-order valence-electron chi connectivity index (χ2n) is 3.15. The van der Waals surface area contributed by atoms with E-state index < -0.39 is 10.2 Å². The van der Waals surface area contributed by atoms with Crippen molar-refractivity contribution >= 4 is 27.5 Å². The van der Waals surface area contributed by atoms with Crippen molar-refractivity contribution in [3.8, 4) is 5.75 Å². The molecule has 1 aromatic carbocycles. The summed E-state index contributed by atoms with van der Waals surface area (Å²) in [6, 6.07) is 4.06. The van der Waals surface area contributed by atoms with Crippen LogP contribution in [-0.4, -0.2) is 33.8 Å². The van der Waals surface area contributed by atoms with Gasteiger partial charge in [0, 0.05) is 18.7 Å². The summed E-state index contributed by atoms with van der Waals surface area (Å²) in [5.74, 6) is -0.202. The van der Waals surface area contributed by atoms with Gasteiger partial charge in [-0.2, -0.15) is 13.1 Å². The lowest BCUT2D eigenvalue weighted by molar-refractivity contribution is 0.204. The van der Waals surface area contributed by atoms with E-state index >= 15 is 0 Å². The van der Waals surface area contributed by atoms with Gasteiger partial charge in [-0.15, -0.1) is 0 Å². The first-order valence-electron chi connectivity index (χ1n) is 4.69. The summed E-state index contributed by atoms with van der Waals surface area (Å²) in [7, 11) is -2.28. The highest BCUT2D eigenvalue weighted by Crippen LogP contribution is 2.26. The van der Waals surface area contributed by atoms with Crippen LogP contribution in [0.2, 0.25) is 5.02 Å². The molecule has 0 aliphatic heterocycles. The summed E-state index contributed by atoms with van der Waals surface area (Å²) >= 11 is 5.69. The predicted octanol–water partition coefficient (Wildman–Crippen LogP) is 0.938. The third-order valence-electron chi connectivity index (χ3n) is 1.80. The Morgan fingerprint density at radius 2 is 2.18 bits per heavy atom. The highest BCUT2D eigenvalue weighted by molar-refractivity contribution is 7.90. The van der Waals surface area contributed by atoms with Gasteiger partial charge in [0.2, 0.25) is 0 Å². The van der Waals surface area contributed by atoms with Gasteiger partial charge in [-0.3, -0.25) is 4.72 Å². The van der Waals surface area contributed by atoms with Gasteiger partial charge in [0.1, 0.15) is 5.75 Å². The number of ether oxygens (including phenoxy) is 1. The molecule has 0 bridgehead atoms. The molecule has 1 rings (SSSR count). The largest absolute Gasteiger partial charge is 0.506 e. The lowest BCUT2D eigenvalue weighted by atomic mass is 10.3. The zero-order chi connectivity index (χ0) is 12.9. The molecule has 0 aliphatic rings. The molecular weight excluding hydrogens is 268 g/mol. The first-order valence-corrected chi connectivity index (χ1v) is 6.55.